The molecule has 1 heterocycles. The number of carbonyl (C=O) groups is 2. The van der Waals surface area contributed by atoms with Crippen LogP contribution in [0, 0.1) is 0 Å². The summed E-state index contributed by atoms with van der Waals surface area (Å²) in [5, 5.41) is 19.6. The van der Waals surface area contributed by atoms with Crippen molar-refractivity contribution in [3.05, 3.63) is 119 Å². The first-order valence-electron chi connectivity index (χ1n) is 13.3. The maximum absolute atomic E-state index is 12.6. The van der Waals surface area contributed by atoms with E-state index in [0.717, 1.165) is 16.7 Å². The van der Waals surface area contributed by atoms with Crippen LogP contribution in [0.15, 0.2) is 102 Å². The Hall–Kier alpha value is -4.50. The Kier molecular flexibility index (Phi) is 7.64. The van der Waals surface area contributed by atoms with Gasteiger partial charge in [0.15, 0.2) is 5.13 Å². The number of carboxylic acid groups (broad SMARTS) is 1. The average Bonchev–Trinajstić information content (AvgIpc) is 3.63. The zero-order valence-corrected chi connectivity index (χ0v) is 23.9. The minimum absolute atomic E-state index is 0.119. The van der Waals surface area contributed by atoms with Crippen molar-refractivity contribution in [2.75, 3.05) is 5.32 Å². The largest absolute Gasteiger partial charge is 0.476 e. The van der Waals surface area contributed by atoms with Gasteiger partial charge in [-0.05, 0) is 37.5 Å². The molecule has 0 aliphatic heterocycles. The van der Waals surface area contributed by atoms with E-state index in [1.165, 1.54) is 11.3 Å². The number of benzene rings is 3. The van der Waals surface area contributed by atoms with E-state index in [1.807, 2.05) is 91.0 Å². The van der Waals surface area contributed by atoms with Crippen molar-refractivity contribution in [1.82, 2.24) is 4.98 Å². The van der Waals surface area contributed by atoms with Crippen molar-refractivity contribution >= 4 is 34.1 Å². The van der Waals surface area contributed by atoms with Crippen LogP contribution >= 0.6 is 11.3 Å². The summed E-state index contributed by atoms with van der Waals surface area (Å²) in [4.78, 5) is 35.0. The smallest absolute Gasteiger partial charge is 0.360 e. The lowest BCUT2D eigenvalue weighted by Crippen LogP contribution is -2.38. The number of anilines is 1. The molecule has 9 heteroatoms. The number of ether oxygens (including phenoxy) is 1. The first-order valence-corrected chi connectivity index (χ1v) is 14.1. The predicted molar refractivity (Wildman–Crippen MR) is 158 cm³/mol. The minimum atomic E-state index is -1.32. The van der Waals surface area contributed by atoms with Crippen molar-refractivity contribution in [3.8, 4) is 0 Å². The highest BCUT2D eigenvalue weighted by Gasteiger charge is 2.56. The fourth-order valence-corrected chi connectivity index (χ4v) is 5.28. The van der Waals surface area contributed by atoms with Crippen LogP contribution in [0.1, 0.15) is 56.0 Å². The third-order valence-electron chi connectivity index (χ3n) is 6.65. The van der Waals surface area contributed by atoms with Crippen molar-refractivity contribution in [2.45, 2.75) is 50.4 Å². The molecule has 5 rings (SSSR count). The van der Waals surface area contributed by atoms with Gasteiger partial charge in [0.2, 0.25) is 11.3 Å². The Morgan fingerprint density at radius 3 is 1.78 bits per heavy atom. The number of esters is 1. The summed E-state index contributed by atoms with van der Waals surface area (Å²) in [5.74, 6) is -1.88. The summed E-state index contributed by atoms with van der Waals surface area (Å²) in [7, 11) is 0. The Bertz CT molecular complexity index is 1450. The van der Waals surface area contributed by atoms with E-state index in [4.69, 9.17) is 9.57 Å². The van der Waals surface area contributed by atoms with E-state index < -0.39 is 34.4 Å². The molecule has 0 unspecified atom stereocenters. The molecule has 1 aliphatic rings. The zero-order chi connectivity index (χ0) is 29.1. The number of nitrogens with zero attached hydrogens (tertiary/aromatic N) is 2. The van der Waals surface area contributed by atoms with Crippen molar-refractivity contribution in [2.24, 2.45) is 5.16 Å². The van der Waals surface area contributed by atoms with E-state index in [0.29, 0.717) is 18.0 Å². The average molecular weight is 570 g/mol. The molecule has 0 spiro atoms. The molecule has 210 valence electrons. The van der Waals surface area contributed by atoms with Crippen LogP contribution in [0.25, 0.3) is 0 Å². The second kappa shape index (κ2) is 11.2. The van der Waals surface area contributed by atoms with E-state index in [9.17, 15) is 14.7 Å². The fourth-order valence-electron chi connectivity index (χ4n) is 4.53. The summed E-state index contributed by atoms with van der Waals surface area (Å²) < 4.78 is 5.44. The minimum Gasteiger partial charge on any atom is -0.476 e. The quantitative estimate of drug-likeness (QED) is 0.101. The van der Waals surface area contributed by atoms with Gasteiger partial charge in [0, 0.05) is 18.2 Å². The predicted octanol–water partition coefficient (Wildman–Crippen LogP) is 6.23. The lowest BCUT2D eigenvalue weighted by atomic mass is 9.77. The molecule has 3 aromatic carbocycles. The van der Waals surface area contributed by atoms with Gasteiger partial charge in [-0.1, -0.05) is 96.2 Å². The first-order chi connectivity index (χ1) is 19.6. The molecule has 1 saturated carbocycles. The summed E-state index contributed by atoms with van der Waals surface area (Å²) in [6.07, 6.45) is 0.797. The summed E-state index contributed by atoms with van der Waals surface area (Å²) in [6.45, 7) is 5.28. The molecule has 0 amide bonds. The number of hydrogen-bond donors (Lipinski definition) is 2. The van der Waals surface area contributed by atoms with Crippen LogP contribution in [0.2, 0.25) is 0 Å². The number of carboxylic acids is 1. The van der Waals surface area contributed by atoms with Crippen LogP contribution in [0.3, 0.4) is 0 Å². The maximum atomic E-state index is 12.6. The standard InChI is InChI=1S/C32H31N3O5S/c1-30(2,3)39-28(38)31(19-20-31)40-35-26(27(36)37)25-21-41-29(33-25)34-32(22-13-7-4-8-14-22,23-15-9-5-10-16-23)24-17-11-6-12-18-24/h4-18,21H,19-20H2,1-3H3,(H,33,34)(H,36,37)/b35-26-. The normalized spacial score (nSPS) is 14.7. The molecule has 1 aliphatic carbocycles. The molecule has 4 aromatic rings. The van der Waals surface area contributed by atoms with Crippen LogP contribution in [-0.4, -0.2) is 38.9 Å². The van der Waals surface area contributed by atoms with Crippen molar-refractivity contribution in [1.29, 1.82) is 0 Å². The molecule has 8 nitrogen and oxygen atoms in total. The van der Waals surface area contributed by atoms with Gasteiger partial charge >= 0.3 is 11.9 Å². The van der Waals surface area contributed by atoms with Gasteiger partial charge in [0.05, 0.1) is 0 Å². The molecule has 0 saturated heterocycles. The van der Waals surface area contributed by atoms with Crippen molar-refractivity contribution in [3.63, 3.8) is 0 Å². The number of aromatic nitrogens is 1. The molecule has 1 fully saturated rings. The Balaban J connectivity index is 1.51. The summed E-state index contributed by atoms with van der Waals surface area (Å²) in [5.41, 5.74) is -0.123. The van der Waals surface area contributed by atoms with Gasteiger partial charge in [-0.15, -0.1) is 11.3 Å². The Labute approximate surface area is 242 Å². The number of aliphatic carboxylic acids is 1. The summed E-state index contributed by atoms with van der Waals surface area (Å²) >= 11 is 1.26. The number of nitrogens with one attached hydrogen (secondary N) is 1. The van der Waals surface area contributed by atoms with Crippen LogP contribution in [0.4, 0.5) is 5.13 Å². The van der Waals surface area contributed by atoms with Crippen LogP contribution in [-0.2, 0) is 24.7 Å². The highest BCUT2D eigenvalue weighted by atomic mass is 32.1. The van der Waals surface area contributed by atoms with Gasteiger partial charge in [0.1, 0.15) is 16.8 Å². The van der Waals surface area contributed by atoms with Gasteiger partial charge in [-0.2, -0.15) is 0 Å². The topological polar surface area (TPSA) is 110 Å². The maximum Gasteiger partial charge on any atom is 0.360 e. The zero-order valence-electron chi connectivity index (χ0n) is 23.0. The van der Waals surface area contributed by atoms with Gasteiger partial charge in [-0.3, -0.25) is 0 Å². The van der Waals surface area contributed by atoms with E-state index in [1.54, 1.807) is 26.2 Å². The molecule has 41 heavy (non-hydrogen) atoms. The Morgan fingerprint density at radius 1 is 0.878 bits per heavy atom. The molecule has 2 N–H and O–H groups in total. The van der Waals surface area contributed by atoms with E-state index in [-0.39, 0.29) is 5.69 Å². The number of carbonyl (C=O) groups excluding carboxylic acids is 1. The van der Waals surface area contributed by atoms with E-state index >= 15 is 0 Å². The monoisotopic (exact) mass is 569 g/mol. The van der Waals surface area contributed by atoms with Crippen molar-refractivity contribution < 1.29 is 24.3 Å². The van der Waals surface area contributed by atoms with Crippen LogP contribution < -0.4 is 5.32 Å². The molecule has 0 radical (unpaired) electrons. The SMILES string of the molecule is CC(C)(C)OC(=O)C1(O/N=C(\C(=O)O)c2csc(NC(c3ccccc3)(c3ccccc3)c3ccccc3)n2)CC1. The molecular formula is C32H31N3O5S. The first kappa shape index (κ1) is 28.0. The van der Waals surface area contributed by atoms with Crippen LogP contribution in [0.5, 0.6) is 0 Å². The summed E-state index contributed by atoms with van der Waals surface area (Å²) in [6, 6.07) is 30.1. The number of oxime groups is 1. The third kappa shape index (κ3) is 6.00. The highest BCUT2D eigenvalue weighted by Crippen LogP contribution is 2.43. The van der Waals surface area contributed by atoms with Gasteiger partial charge < -0.3 is 20.0 Å². The Morgan fingerprint density at radius 2 is 1.37 bits per heavy atom. The second-order valence-electron chi connectivity index (χ2n) is 10.8. The lowest BCUT2D eigenvalue weighted by Gasteiger charge is -2.36. The fraction of sp³-hybridized carbons (Fsp3) is 0.250. The number of rotatable bonds is 10. The van der Waals surface area contributed by atoms with E-state index in [2.05, 4.69) is 15.5 Å². The second-order valence-corrected chi connectivity index (χ2v) is 11.7. The number of hydrogen-bond acceptors (Lipinski definition) is 8. The molecule has 0 atom stereocenters. The molecular weight excluding hydrogens is 538 g/mol. The lowest BCUT2D eigenvalue weighted by molar-refractivity contribution is -0.172. The highest BCUT2D eigenvalue weighted by molar-refractivity contribution is 7.14. The van der Waals surface area contributed by atoms with Gasteiger partial charge in [-0.25, -0.2) is 14.6 Å². The number of thiazole rings is 1. The molecule has 1 aromatic heterocycles. The van der Waals surface area contributed by atoms with Gasteiger partial charge in [0.25, 0.3) is 0 Å². The molecule has 0 bridgehead atoms. The third-order valence-corrected chi connectivity index (χ3v) is 7.41.